The zero-order chi connectivity index (χ0) is 14.0. The molecule has 0 radical (unpaired) electrons. The largest absolute Gasteiger partial charge is 0.373 e. The van der Waals surface area contributed by atoms with E-state index in [2.05, 4.69) is 11.9 Å². The van der Waals surface area contributed by atoms with Gasteiger partial charge in [-0.2, -0.15) is 0 Å². The Morgan fingerprint density at radius 3 is 3.15 bits per heavy atom. The van der Waals surface area contributed by atoms with Crippen molar-refractivity contribution in [2.75, 3.05) is 19.7 Å². The third-order valence-electron chi connectivity index (χ3n) is 4.57. The number of aromatic nitrogens is 1. The van der Waals surface area contributed by atoms with Gasteiger partial charge in [0.15, 0.2) is 0 Å². The van der Waals surface area contributed by atoms with Crippen LogP contribution in [0.3, 0.4) is 0 Å². The number of nitrogens with zero attached hydrogens (tertiary/aromatic N) is 2. The Morgan fingerprint density at radius 2 is 2.45 bits per heavy atom. The fourth-order valence-corrected chi connectivity index (χ4v) is 3.41. The molecule has 0 N–H and O–H groups in total. The third-order valence-corrected chi connectivity index (χ3v) is 4.57. The maximum atomic E-state index is 12.5. The minimum Gasteiger partial charge on any atom is -0.373 e. The van der Waals surface area contributed by atoms with Crippen molar-refractivity contribution in [3.05, 3.63) is 30.1 Å². The van der Waals surface area contributed by atoms with Crippen LogP contribution in [0.1, 0.15) is 43.1 Å². The van der Waals surface area contributed by atoms with Gasteiger partial charge in [0.05, 0.1) is 18.8 Å². The Morgan fingerprint density at radius 1 is 1.55 bits per heavy atom. The van der Waals surface area contributed by atoms with Gasteiger partial charge in [-0.05, 0) is 37.3 Å². The van der Waals surface area contributed by atoms with Gasteiger partial charge in [-0.3, -0.25) is 9.78 Å². The smallest absolute Gasteiger partial charge is 0.272 e. The predicted molar refractivity (Wildman–Crippen MR) is 76.5 cm³/mol. The molecule has 2 aliphatic rings. The number of rotatable bonds is 2. The number of ether oxygens (including phenoxy) is 1. The van der Waals surface area contributed by atoms with Gasteiger partial charge in [-0.25, -0.2) is 0 Å². The van der Waals surface area contributed by atoms with Gasteiger partial charge in [0, 0.05) is 12.7 Å². The summed E-state index contributed by atoms with van der Waals surface area (Å²) in [5.74, 6) is 0.688. The van der Waals surface area contributed by atoms with Crippen molar-refractivity contribution in [3.63, 3.8) is 0 Å². The van der Waals surface area contributed by atoms with Crippen LogP contribution >= 0.6 is 0 Å². The fourth-order valence-electron chi connectivity index (χ4n) is 3.41. The number of piperidine rings is 1. The van der Waals surface area contributed by atoms with E-state index in [-0.39, 0.29) is 11.5 Å². The van der Waals surface area contributed by atoms with Gasteiger partial charge >= 0.3 is 0 Å². The van der Waals surface area contributed by atoms with Crippen molar-refractivity contribution >= 4 is 5.91 Å². The standard InChI is InChI=1S/C16H22N2O2/c1-2-13-10-16(20-11-13)7-5-9-18(12-16)15(19)14-6-3-4-8-17-14/h3-4,6,8,13H,2,5,7,9-12H2,1H3/t13-,16+/m0/s1. The molecule has 3 heterocycles. The van der Waals surface area contributed by atoms with E-state index in [1.807, 2.05) is 17.0 Å². The molecule has 1 amide bonds. The zero-order valence-corrected chi connectivity index (χ0v) is 12.0. The number of carbonyl (C=O) groups excluding carboxylic acids is 1. The monoisotopic (exact) mass is 274 g/mol. The first kappa shape index (κ1) is 13.6. The summed E-state index contributed by atoms with van der Waals surface area (Å²) < 4.78 is 6.09. The highest BCUT2D eigenvalue weighted by Crippen LogP contribution is 2.38. The molecule has 2 atom stereocenters. The molecule has 1 aromatic heterocycles. The molecule has 0 unspecified atom stereocenters. The van der Waals surface area contributed by atoms with Crippen LogP contribution in [0.5, 0.6) is 0 Å². The quantitative estimate of drug-likeness (QED) is 0.832. The fraction of sp³-hybridized carbons (Fsp3) is 0.625. The molecule has 3 rings (SSSR count). The average Bonchev–Trinajstić information content (AvgIpc) is 2.90. The van der Waals surface area contributed by atoms with Crippen LogP contribution in [-0.2, 0) is 4.74 Å². The first-order chi connectivity index (χ1) is 9.72. The van der Waals surface area contributed by atoms with Crippen LogP contribution in [0.2, 0.25) is 0 Å². The van der Waals surface area contributed by atoms with Crippen molar-refractivity contribution < 1.29 is 9.53 Å². The molecular weight excluding hydrogens is 252 g/mol. The maximum absolute atomic E-state index is 12.5. The average molecular weight is 274 g/mol. The first-order valence-corrected chi connectivity index (χ1v) is 7.57. The second-order valence-corrected chi connectivity index (χ2v) is 6.02. The van der Waals surface area contributed by atoms with Crippen LogP contribution < -0.4 is 0 Å². The highest BCUT2D eigenvalue weighted by atomic mass is 16.5. The summed E-state index contributed by atoms with van der Waals surface area (Å²) in [6.07, 6.45) is 6.03. The summed E-state index contributed by atoms with van der Waals surface area (Å²) in [5, 5.41) is 0. The maximum Gasteiger partial charge on any atom is 0.272 e. The molecule has 20 heavy (non-hydrogen) atoms. The second-order valence-electron chi connectivity index (χ2n) is 6.02. The number of amides is 1. The van der Waals surface area contributed by atoms with E-state index >= 15 is 0 Å². The van der Waals surface area contributed by atoms with Crippen molar-refractivity contribution in [1.29, 1.82) is 0 Å². The molecule has 108 valence electrons. The molecule has 2 aliphatic heterocycles. The van der Waals surface area contributed by atoms with Gasteiger partial charge in [0.25, 0.3) is 5.91 Å². The van der Waals surface area contributed by atoms with E-state index in [1.165, 1.54) is 0 Å². The SMILES string of the molecule is CC[C@@H]1CO[C@]2(CCCN(C(=O)c3ccccn3)C2)C1. The van der Waals surface area contributed by atoms with E-state index in [0.717, 1.165) is 45.4 Å². The van der Waals surface area contributed by atoms with Gasteiger partial charge in [0.1, 0.15) is 5.69 Å². The lowest BCUT2D eigenvalue weighted by molar-refractivity contribution is -0.0450. The lowest BCUT2D eigenvalue weighted by Crippen LogP contribution is -2.50. The zero-order valence-electron chi connectivity index (χ0n) is 12.0. The van der Waals surface area contributed by atoms with Gasteiger partial charge in [-0.1, -0.05) is 19.4 Å². The third kappa shape index (κ3) is 2.57. The topological polar surface area (TPSA) is 42.4 Å². The van der Waals surface area contributed by atoms with Gasteiger partial charge in [-0.15, -0.1) is 0 Å². The molecule has 2 saturated heterocycles. The normalized spacial score (nSPS) is 29.9. The Kier molecular flexibility index (Phi) is 3.74. The molecule has 1 aromatic rings. The van der Waals surface area contributed by atoms with Crippen LogP contribution in [0.15, 0.2) is 24.4 Å². The highest BCUT2D eigenvalue weighted by molar-refractivity contribution is 5.92. The Balaban J connectivity index is 1.71. The van der Waals surface area contributed by atoms with Gasteiger partial charge in [0.2, 0.25) is 0 Å². The first-order valence-electron chi connectivity index (χ1n) is 7.57. The summed E-state index contributed by atoms with van der Waals surface area (Å²) in [4.78, 5) is 18.6. The summed E-state index contributed by atoms with van der Waals surface area (Å²) in [7, 11) is 0. The van der Waals surface area contributed by atoms with Crippen molar-refractivity contribution in [2.24, 2.45) is 5.92 Å². The molecule has 1 spiro atoms. The van der Waals surface area contributed by atoms with Crippen molar-refractivity contribution in [3.8, 4) is 0 Å². The highest BCUT2D eigenvalue weighted by Gasteiger charge is 2.44. The number of likely N-dealkylation sites (tertiary alicyclic amines) is 1. The molecule has 4 heteroatoms. The molecule has 0 aliphatic carbocycles. The minimum atomic E-state index is -0.0939. The van der Waals surface area contributed by atoms with Crippen LogP contribution in [-0.4, -0.2) is 41.1 Å². The lowest BCUT2D eigenvalue weighted by atomic mass is 9.86. The predicted octanol–water partition coefficient (Wildman–Crippen LogP) is 2.50. The van der Waals surface area contributed by atoms with Crippen molar-refractivity contribution in [2.45, 2.75) is 38.2 Å². The molecule has 0 aromatic carbocycles. The summed E-state index contributed by atoms with van der Waals surface area (Å²) in [6.45, 7) is 4.60. The minimum absolute atomic E-state index is 0.0354. The summed E-state index contributed by atoms with van der Waals surface area (Å²) in [6, 6.07) is 5.48. The van der Waals surface area contributed by atoms with E-state index in [9.17, 15) is 4.79 Å². The van der Waals surface area contributed by atoms with E-state index in [1.54, 1.807) is 12.3 Å². The molecule has 2 fully saturated rings. The molecular formula is C16H22N2O2. The van der Waals surface area contributed by atoms with Crippen LogP contribution in [0, 0.1) is 5.92 Å². The second kappa shape index (κ2) is 5.52. The van der Waals surface area contributed by atoms with E-state index in [0.29, 0.717) is 11.6 Å². The molecule has 4 nitrogen and oxygen atoms in total. The molecule has 0 saturated carbocycles. The number of hydrogen-bond acceptors (Lipinski definition) is 3. The van der Waals surface area contributed by atoms with Gasteiger partial charge < -0.3 is 9.64 Å². The Bertz CT molecular complexity index is 477. The Hall–Kier alpha value is -1.42. The number of carbonyl (C=O) groups is 1. The van der Waals surface area contributed by atoms with E-state index < -0.39 is 0 Å². The van der Waals surface area contributed by atoms with E-state index in [4.69, 9.17) is 4.74 Å². The van der Waals surface area contributed by atoms with Crippen LogP contribution in [0.4, 0.5) is 0 Å². The lowest BCUT2D eigenvalue weighted by Gasteiger charge is -2.39. The van der Waals surface area contributed by atoms with Crippen LogP contribution in [0.25, 0.3) is 0 Å². The Labute approximate surface area is 120 Å². The summed E-state index contributed by atoms with van der Waals surface area (Å²) in [5.41, 5.74) is 0.443. The van der Waals surface area contributed by atoms with Crippen molar-refractivity contribution in [1.82, 2.24) is 9.88 Å². The summed E-state index contributed by atoms with van der Waals surface area (Å²) >= 11 is 0. The number of hydrogen-bond donors (Lipinski definition) is 0. The number of pyridine rings is 1. The molecule has 0 bridgehead atoms.